The van der Waals surface area contributed by atoms with E-state index in [0.717, 1.165) is 24.4 Å². The van der Waals surface area contributed by atoms with Crippen LogP contribution in [-0.4, -0.2) is 15.6 Å². The minimum Gasteiger partial charge on any atom is -0.420 e. The molecule has 3 unspecified atom stereocenters. The number of rotatable bonds is 3. The van der Waals surface area contributed by atoms with Crippen molar-refractivity contribution in [2.75, 3.05) is 6.61 Å². The van der Waals surface area contributed by atoms with E-state index < -0.39 is 9.04 Å². The Bertz CT molecular complexity index is 188. The molecule has 3 atom stereocenters. The lowest BCUT2D eigenvalue weighted by Gasteiger charge is -2.19. The van der Waals surface area contributed by atoms with E-state index in [2.05, 4.69) is 25.2 Å². The van der Waals surface area contributed by atoms with Gasteiger partial charge in [-0.25, -0.2) is 0 Å². The van der Waals surface area contributed by atoms with Gasteiger partial charge in [0.1, 0.15) is 0 Å². The maximum Gasteiger partial charge on any atom is 0.170 e. The lowest BCUT2D eigenvalue weighted by molar-refractivity contribution is 0.231. The van der Waals surface area contributed by atoms with Gasteiger partial charge in [0.15, 0.2) is 9.04 Å². The highest BCUT2D eigenvalue weighted by Gasteiger charge is 2.35. The van der Waals surface area contributed by atoms with Gasteiger partial charge in [-0.2, -0.15) is 0 Å². The largest absolute Gasteiger partial charge is 0.420 e. The second-order valence-corrected chi connectivity index (χ2v) is 6.85. The Morgan fingerprint density at radius 1 is 1.33 bits per heavy atom. The van der Waals surface area contributed by atoms with Crippen molar-refractivity contribution in [2.45, 2.75) is 25.9 Å². The van der Waals surface area contributed by atoms with Gasteiger partial charge in [0, 0.05) is 6.61 Å². The molecule has 12 heavy (non-hydrogen) atoms. The van der Waals surface area contributed by atoms with Crippen molar-refractivity contribution in [1.82, 2.24) is 0 Å². The summed E-state index contributed by atoms with van der Waals surface area (Å²) in [6.45, 7) is 5.54. The Balaban J connectivity index is 1.80. The second kappa shape index (κ2) is 3.34. The molecule has 1 saturated carbocycles. The van der Waals surface area contributed by atoms with Crippen LogP contribution < -0.4 is 0 Å². The Kier molecular flexibility index (Phi) is 2.37. The molecule has 0 N–H and O–H groups in total. The van der Waals surface area contributed by atoms with Crippen LogP contribution in [0.4, 0.5) is 0 Å². The van der Waals surface area contributed by atoms with E-state index >= 15 is 0 Å². The number of hydrogen-bond acceptors (Lipinski definition) is 1. The molecule has 1 fully saturated rings. The molecule has 68 valence electrons. The third kappa shape index (κ3) is 1.64. The van der Waals surface area contributed by atoms with Crippen molar-refractivity contribution in [1.29, 1.82) is 0 Å². The van der Waals surface area contributed by atoms with E-state index in [1.165, 1.54) is 12.8 Å². The summed E-state index contributed by atoms with van der Waals surface area (Å²) in [6, 6.07) is 0. The van der Waals surface area contributed by atoms with Crippen molar-refractivity contribution in [3.05, 3.63) is 12.2 Å². The second-order valence-electron chi connectivity index (χ2n) is 4.42. The lowest BCUT2D eigenvalue weighted by Crippen LogP contribution is -2.19. The fourth-order valence-electron chi connectivity index (χ4n) is 2.40. The average molecular weight is 182 g/mol. The third-order valence-corrected chi connectivity index (χ3v) is 3.92. The van der Waals surface area contributed by atoms with Crippen molar-refractivity contribution in [2.24, 2.45) is 17.8 Å². The van der Waals surface area contributed by atoms with Crippen molar-refractivity contribution < 1.29 is 4.43 Å². The van der Waals surface area contributed by atoms with Gasteiger partial charge in [0.25, 0.3) is 0 Å². The van der Waals surface area contributed by atoms with E-state index in [1.54, 1.807) is 0 Å². The molecule has 2 rings (SSSR count). The van der Waals surface area contributed by atoms with Gasteiger partial charge in [0.2, 0.25) is 0 Å². The van der Waals surface area contributed by atoms with E-state index in [4.69, 9.17) is 4.43 Å². The maximum atomic E-state index is 5.78. The molecule has 0 aromatic rings. The molecule has 2 aliphatic carbocycles. The first-order valence-corrected chi connectivity index (χ1v) is 7.83. The number of hydrogen-bond donors (Lipinski definition) is 0. The highest BCUT2D eigenvalue weighted by atomic mass is 28.3. The molecule has 0 amide bonds. The van der Waals surface area contributed by atoms with E-state index in [1.807, 2.05) is 0 Å². The smallest absolute Gasteiger partial charge is 0.170 e. The van der Waals surface area contributed by atoms with Crippen LogP contribution >= 0.6 is 0 Å². The van der Waals surface area contributed by atoms with E-state index in [9.17, 15) is 0 Å². The Hall–Kier alpha value is -0.0831. The van der Waals surface area contributed by atoms with Crippen molar-refractivity contribution in [3.8, 4) is 0 Å². The number of fused-ring (bicyclic) bond motifs is 2. The molecule has 2 bridgehead atoms. The van der Waals surface area contributed by atoms with Crippen LogP contribution in [0.15, 0.2) is 12.2 Å². The summed E-state index contributed by atoms with van der Waals surface area (Å²) >= 11 is 0. The highest BCUT2D eigenvalue weighted by Crippen LogP contribution is 2.43. The fourth-order valence-corrected chi connectivity index (χ4v) is 3.03. The predicted octanol–water partition coefficient (Wildman–Crippen LogP) is 2.20. The maximum absolute atomic E-state index is 5.78. The summed E-state index contributed by atoms with van der Waals surface area (Å²) in [5.74, 6) is 2.62. The van der Waals surface area contributed by atoms with E-state index in [0.29, 0.717) is 0 Å². The molecule has 1 nitrogen and oxygen atoms in total. The summed E-state index contributed by atoms with van der Waals surface area (Å²) in [7, 11) is -0.774. The molecule has 0 radical (unpaired) electrons. The first-order valence-electron chi connectivity index (χ1n) is 5.05. The zero-order chi connectivity index (χ0) is 8.55. The monoisotopic (exact) mass is 182 g/mol. The minimum atomic E-state index is -0.774. The summed E-state index contributed by atoms with van der Waals surface area (Å²) in [5, 5.41) is 0. The van der Waals surface area contributed by atoms with Gasteiger partial charge < -0.3 is 4.43 Å². The van der Waals surface area contributed by atoms with Crippen LogP contribution in [-0.2, 0) is 4.43 Å². The topological polar surface area (TPSA) is 9.23 Å². The van der Waals surface area contributed by atoms with E-state index in [-0.39, 0.29) is 0 Å². The van der Waals surface area contributed by atoms with Gasteiger partial charge in [0.05, 0.1) is 0 Å². The van der Waals surface area contributed by atoms with Crippen LogP contribution in [0, 0.1) is 17.8 Å². The summed E-state index contributed by atoms with van der Waals surface area (Å²) < 4.78 is 5.78. The van der Waals surface area contributed by atoms with Gasteiger partial charge in [-0.3, -0.25) is 0 Å². The molecular formula is C10H18OSi. The zero-order valence-corrected chi connectivity index (χ0v) is 9.15. The quantitative estimate of drug-likeness (QED) is 0.480. The van der Waals surface area contributed by atoms with Crippen LogP contribution in [0.1, 0.15) is 12.8 Å². The van der Waals surface area contributed by atoms with Crippen LogP contribution in [0.3, 0.4) is 0 Å². The highest BCUT2D eigenvalue weighted by molar-refractivity contribution is 6.48. The van der Waals surface area contributed by atoms with Crippen LogP contribution in [0.2, 0.25) is 13.1 Å². The normalized spacial score (nSPS) is 38.4. The first kappa shape index (κ1) is 8.51. The average Bonchev–Trinajstić information content (AvgIpc) is 2.60. The Labute approximate surface area is 76.5 Å². The summed E-state index contributed by atoms with van der Waals surface area (Å²) in [5.41, 5.74) is 0. The molecule has 0 aromatic carbocycles. The van der Waals surface area contributed by atoms with Crippen molar-refractivity contribution >= 4 is 9.04 Å². The van der Waals surface area contributed by atoms with Crippen molar-refractivity contribution in [3.63, 3.8) is 0 Å². The van der Waals surface area contributed by atoms with Gasteiger partial charge >= 0.3 is 0 Å². The molecule has 0 saturated heterocycles. The Morgan fingerprint density at radius 3 is 2.67 bits per heavy atom. The third-order valence-electron chi connectivity index (χ3n) is 3.06. The van der Waals surface area contributed by atoms with Gasteiger partial charge in [-0.05, 0) is 43.7 Å². The molecule has 0 heterocycles. The SMILES string of the molecule is C[SiH](C)OCC1CC2C=CC1C2. The van der Waals surface area contributed by atoms with Crippen LogP contribution in [0.25, 0.3) is 0 Å². The lowest BCUT2D eigenvalue weighted by atomic mass is 9.95. The first-order chi connectivity index (χ1) is 5.75. The summed E-state index contributed by atoms with van der Waals surface area (Å²) in [6.07, 6.45) is 7.61. The molecule has 0 aliphatic heterocycles. The summed E-state index contributed by atoms with van der Waals surface area (Å²) in [4.78, 5) is 0. The minimum absolute atomic E-state index is 0.774. The fraction of sp³-hybridized carbons (Fsp3) is 0.800. The van der Waals surface area contributed by atoms with Gasteiger partial charge in [-0.15, -0.1) is 0 Å². The molecule has 2 heteroatoms. The number of allylic oxidation sites excluding steroid dienone is 2. The molecule has 0 spiro atoms. The van der Waals surface area contributed by atoms with Crippen LogP contribution in [0.5, 0.6) is 0 Å². The zero-order valence-electron chi connectivity index (χ0n) is 7.99. The van der Waals surface area contributed by atoms with Gasteiger partial charge in [-0.1, -0.05) is 12.2 Å². The molecular weight excluding hydrogens is 164 g/mol. The molecule has 2 aliphatic rings. The Morgan fingerprint density at radius 2 is 2.17 bits per heavy atom. The predicted molar refractivity (Wildman–Crippen MR) is 53.7 cm³/mol. The molecule has 0 aromatic heterocycles. The standard InChI is InChI=1S/C10H18OSi/c1-12(2)11-7-10-6-8-3-4-9(10)5-8/h3-4,8-10,12H,5-7H2,1-2H3.